The zero-order valence-corrected chi connectivity index (χ0v) is 10.5. The fourth-order valence-corrected chi connectivity index (χ4v) is 3.40. The van der Waals surface area contributed by atoms with Crippen molar-refractivity contribution in [3.63, 3.8) is 0 Å². The molecule has 0 radical (unpaired) electrons. The Morgan fingerprint density at radius 3 is 2.76 bits per heavy atom. The molecular formula is C14H21N3. The minimum Gasteiger partial charge on any atom is -0.373 e. The Labute approximate surface area is 103 Å². The summed E-state index contributed by atoms with van der Waals surface area (Å²) in [6.45, 7) is 3.59. The number of nitrogens with zero attached hydrogens (tertiary/aromatic N) is 2. The monoisotopic (exact) mass is 231 g/mol. The predicted molar refractivity (Wildman–Crippen MR) is 69.9 cm³/mol. The van der Waals surface area contributed by atoms with E-state index in [1.54, 1.807) is 0 Å². The van der Waals surface area contributed by atoms with Gasteiger partial charge in [-0.1, -0.05) is 12.5 Å². The zero-order chi connectivity index (χ0) is 11.7. The van der Waals surface area contributed by atoms with E-state index < -0.39 is 0 Å². The summed E-state index contributed by atoms with van der Waals surface area (Å²) >= 11 is 0. The van der Waals surface area contributed by atoms with Crippen molar-refractivity contribution < 1.29 is 0 Å². The molecule has 1 aliphatic carbocycles. The van der Waals surface area contributed by atoms with Crippen molar-refractivity contribution in [2.24, 2.45) is 11.8 Å². The Hall–Kier alpha value is -1.09. The van der Waals surface area contributed by atoms with Gasteiger partial charge in [-0.15, -0.1) is 0 Å². The van der Waals surface area contributed by atoms with Crippen molar-refractivity contribution in [1.82, 2.24) is 9.88 Å². The van der Waals surface area contributed by atoms with Crippen LogP contribution in [0.15, 0.2) is 18.2 Å². The third kappa shape index (κ3) is 2.29. The average Bonchev–Trinajstić information content (AvgIpc) is 2.90. The molecule has 0 spiro atoms. The van der Waals surface area contributed by atoms with Gasteiger partial charge in [0.25, 0.3) is 0 Å². The van der Waals surface area contributed by atoms with Crippen LogP contribution in [0.3, 0.4) is 0 Å². The highest BCUT2D eigenvalue weighted by atomic mass is 15.2. The van der Waals surface area contributed by atoms with Gasteiger partial charge < -0.3 is 5.32 Å². The lowest BCUT2D eigenvalue weighted by atomic mass is 10.0. The number of nitrogens with one attached hydrogen (secondary N) is 1. The minimum absolute atomic E-state index is 0.974. The maximum Gasteiger partial charge on any atom is 0.126 e. The van der Waals surface area contributed by atoms with Gasteiger partial charge in [0.2, 0.25) is 0 Å². The van der Waals surface area contributed by atoms with Gasteiger partial charge >= 0.3 is 0 Å². The average molecular weight is 231 g/mol. The van der Waals surface area contributed by atoms with E-state index in [0.29, 0.717) is 0 Å². The number of fused-ring (bicyclic) bond motifs is 1. The van der Waals surface area contributed by atoms with Crippen LogP contribution in [0.5, 0.6) is 0 Å². The van der Waals surface area contributed by atoms with Gasteiger partial charge in [-0.05, 0) is 36.8 Å². The number of rotatable bonds is 3. The fourth-order valence-electron chi connectivity index (χ4n) is 3.40. The van der Waals surface area contributed by atoms with Gasteiger partial charge in [0.05, 0.1) is 5.69 Å². The topological polar surface area (TPSA) is 28.2 Å². The minimum atomic E-state index is 0.974. The summed E-state index contributed by atoms with van der Waals surface area (Å²) in [4.78, 5) is 7.18. The molecule has 0 aromatic carbocycles. The highest BCUT2D eigenvalue weighted by Gasteiger charge is 2.35. The molecule has 3 rings (SSSR count). The maximum atomic E-state index is 4.60. The van der Waals surface area contributed by atoms with Crippen LogP contribution in [0, 0.1) is 11.8 Å². The van der Waals surface area contributed by atoms with Crippen LogP contribution in [0.4, 0.5) is 5.82 Å². The van der Waals surface area contributed by atoms with Gasteiger partial charge in [-0.25, -0.2) is 4.98 Å². The zero-order valence-electron chi connectivity index (χ0n) is 10.5. The molecule has 1 aromatic heterocycles. The molecule has 2 unspecified atom stereocenters. The molecule has 1 saturated carbocycles. The summed E-state index contributed by atoms with van der Waals surface area (Å²) in [6, 6.07) is 6.24. The standard InChI is InChI=1S/C14H21N3/c1-15-14-7-3-6-13(16-14)10-17-8-11-4-2-5-12(11)9-17/h3,6-7,11-12H,2,4-5,8-10H2,1H3,(H,15,16). The summed E-state index contributed by atoms with van der Waals surface area (Å²) < 4.78 is 0. The Bertz CT molecular complexity index is 379. The first kappa shape index (κ1) is 11.0. The third-order valence-corrected chi connectivity index (χ3v) is 4.25. The van der Waals surface area contributed by atoms with Crippen molar-refractivity contribution in [2.45, 2.75) is 25.8 Å². The molecule has 1 saturated heterocycles. The Morgan fingerprint density at radius 1 is 1.29 bits per heavy atom. The highest BCUT2D eigenvalue weighted by Crippen LogP contribution is 2.38. The Kier molecular flexibility index (Phi) is 3.02. The molecular weight excluding hydrogens is 210 g/mol. The SMILES string of the molecule is CNc1cccc(CN2CC3CCCC3C2)n1. The van der Waals surface area contributed by atoms with Crippen LogP contribution in [0.2, 0.25) is 0 Å². The molecule has 1 N–H and O–H groups in total. The number of likely N-dealkylation sites (tertiary alicyclic amines) is 1. The van der Waals surface area contributed by atoms with E-state index in [2.05, 4.69) is 27.3 Å². The quantitative estimate of drug-likeness (QED) is 0.865. The van der Waals surface area contributed by atoms with Crippen molar-refractivity contribution in [2.75, 3.05) is 25.5 Å². The second-order valence-electron chi connectivity index (χ2n) is 5.41. The maximum absolute atomic E-state index is 4.60. The second-order valence-corrected chi connectivity index (χ2v) is 5.41. The fraction of sp³-hybridized carbons (Fsp3) is 0.643. The van der Waals surface area contributed by atoms with Crippen molar-refractivity contribution in [3.05, 3.63) is 23.9 Å². The largest absolute Gasteiger partial charge is 0.373 e. The van der Waals surface area contributed by atoms with Crippen molar-refractivity contribution in [3.8, 4) is 0 Å². The lowest BCUT2D eigenvalue weighted by Crippen LogP contribution is -2.21. The molecule has 2 heterocycles. The first-order chi connectivity index (χ1) is 8.35. The first-order valence-corrected chi connectivity index (χ1v) is 6.71. The number of pyridine rings is 1. The number of anilines is 1. The Balaban J connectivity index is 1.63. The number of hydrogen-bond acceptors (Lipinski definition) is 3. The van der Waals surface area contributed by atoms with Gasteiger partial charge in [-0.2, -0.15) is 0 Å². The lowest BCUT2D eigenvalue weighted by Gasteiger charge is -2.16. The van der Waals surface area contributed by atoms with Crippen molar-refractivity contribution >= 4 is 5.82 Å². The Morgan fingerprint density at radius 2 is 2.06 bits per heavy atom. The summed E-state index contributed by atoms with van der Waals surface area (Å²) in [5.41, 5.74) is 1.19. The third-order valence-electron chi connectivity index (χ3n) is 4.25. The molecule has 1 aliphatic heterocycles. The van der Waals surface area contributed by atoms with Gasteiger partial charge in [-0.3, -0.25) is 4.90 Å². The van der Waals surface area contributed by atoms with E-state index in [1.807, 2.05) is 13.1 Å². The molecule has 3 heteroatoms. The molecule has 17 heavy (non-hydrogen) atoms. The number of hydrogen-bond donors (Lipinski definition) is 1. The smallest absolute Gasteiger partial charge is 0.126 e. The van der Waals surface area contributed by atoms with Crippen LogP contribution in [-0.2, 0) is 6.54 Å². The molecule has 0 bridgehead atoms. The van der Waals surface area contributed by atoms with Crippen LogP contribution in [0.1, 0.15) is 25.0 Å². The van der Waals surface area contributed by atoms with E-state index >= 15 is 0 Å². The van der Waals surface area contributed by atoms with E-state index in [9.17, 15) is 0 Å². The second kappa shape index (κ2) is 4.65. The van der Waals surface area contributed by atoms with Crippen LogP contribution in [-0.4, -0.2) is 30.0 Å². The lowest BCUT2D eigenvalue weighted by molar-refractivity contribution is 0.300. The molecule has 0 amide bonds. The molecule has 1 aromatic rings. The summed E-state index contributed by atoms with van der Waals surface area (Å²) in [5.74, 6) is 2.92. The van der Waals surface area contributed by atoms with Crippen LogP contribution >= 0.6 is 0 Å². The van der Waals surface area contributed by atoms with Gasteiger partial charge in [0.15, 0.2) is 0 Å². The normalized spacial score (nSPS) is 28.3. The summed E-state index contributed by atoms with van der Waals surface area (Å²) in [5, 5.41) is 3.10. The summed E-state index contributed by atoms with van der Waals surface area (Å²) in [7, 11) is 1.92. The predicted octanol–water partition coefficient (Wildman–Crippen LogP) is 2.36. The molecule has 2 atom stereocenters. The molecule has 3 nitrogen and oxygen atoms in total. The van der Waals surface area contributed by atoms with Crippen LogP contribution in [0.25, 0.3) is 0 Å². The first-order valence-electron chi connectivity index (χ1n) is 6.71. The van der Waals surface area contributed by atoms with E-state index in [-0.39, 0.29) is 0 Å². The number of aromatic nitrogens is 1. The van der Waals surface area contributed by atoms with Crippen molar-refractivity contribution in [1.29, 1.82) is 0 Å². The molecule has 2 fully saturated rings. The van der Waals surface area contributed by atoms with Gasteiger partial charge in [0.1, 0.15) is 5.82 Å². The molecule has 2 aliphatic rings. The van der Waals surface area contributed by atoms with E-state index in [0.717, 1.165) is 24.2 Å². The van der Waals surface area contributed by atoms with Crippen LogP contribution < -0.4 is 5.32 Å². The highest BCUT2D eigenvalue weighted by molar-refractivity contribution is 5.34. The van der Waals surface area contributed by atoms with Gasteiger partial charge in [0, 0.05) is 26.7 Å². The summed E-state index contributed by atoms with van der Waals surface area (Å²) in [6.07, 6.45) is 4.35. The molecule has 92 valence electrons. The van der Waals surface area contributed by atoms with E-state index in [4.69, 9.17) is 0 Å². The van der Waals surface area contributed by atoms with E-state index in [1.165, 1.54) is 38.0 Å².